The van der Waals surface area contributed by atoms with Gasteiger partial charge in [-0.1, -0.05) is 23.7 Å². The number of likely N-dealkylation sites (tertiary alicyclic amines) is 2. The summed E-state index contributed by atoms with van der Waals surface area (Å²) >= 11 is 6.06. The van der Waals surface area contributed by atoms with Crippen molar-refractivity contribution in [3.05, 3.63) is 34.9 Å². The van der Waals surface area contributed by atoms with Crippen LogP contribution in [0, 0.1) is 0 Å². The summed E-state index contributed by atoms with van der Waals surface area (Å²) in [5.41, 5.74) is 1.05. The second kappa shape index (κ2) is 7.21. The Kier molecular flexibility index (Phi) is 5.06. The van der Waals surface area contributed by atoms with E-state index in [4.69, 9.17) is 11.6 Å². The number of nitrogens with zero attached hydrogens (tertiary/aromatic N) is 2. The van der Waals surface area contributed by atoms with Crippen molar-refractivity contribution >= 4 is 23.5 Å². The number of nitrogens with one attached hydrogen (secondary N) is 1. The first-order chi connectivity index (χ1) is 11.1. The van der Waals surface area contributed by atoms with E-state index in [0.717, 1.165) is 44.3 Å². The van der Waals surface area contributed by atoms with Crippen molar-refractivity contribution in [3.8, 4) is 0 Å². The minimum Gasteiger partial charge on any atom is -0.341 e. The SMILES string of the molecule is O=C(CNC(=O)N1CCCC1c1cccc(Cl)c1)N1CCCC1. The lowest BCUT2D eigenvalue weighted by Crippen LogP contribution is -2.44. The second-order valence-corrected chi connectivity index (χ2v) is 6.59. The smallest absolute Gasteiger partial charge is 0.318 e. The van der Waals surface area contributed by atoms with E-state index in [9.17, 15) is 9.59 Å². The Morgan fingerprint density at radius 3 is 2.70 bits per heavy atom. The molecule has 2 fully saturated rings. The molecule has 1 aromatic rings. The first kappa shape index (κ1) is 16.1. The highest BCUT2D eigenvalue weighted by molar-refractivity contribution is 6.30. The van der Waals surface area contributed by atoms with Gasteiger partial charge in [0.2, 0.25) is 5.91 Å². The van der Waals surface area contributed by atoms with Crippen LogP contribution in [-0.4, -0.2) is 47.9 Å². The van der Waals surface area contributed by atoms with Gasteiger partial charge in [0.1, 0.15) is 0 Å². The molecule has 3 amide bonds. The Balaban J connectivity index is 1.58. The molecular weight excluding hydrogens is 314 g/mol. The predicted octanol–water partition coefficient (Wildman–Crippen LogP) is 2.81. The van der Waals surface area contributed by atoms with Gasteiger partial charge in [-0.3, -0.25) is 4.79 Å². The van der Waals surface area contributed by atoms with Crippen LogP contribution in [0.25, 0.3) is 0 Å². The largest absolute Gasteiger partial charge is 0.341 e. The van der Waals surface area contributed by atoms with Crippen LogP contribution in [0.2, 0.25) is 5.02 Å². The topological polar surface area (TPSA) is 52.7 Å². The molecule has 0 radical (unpaired) electrons. The molecule has 0 bridgehead atoms. The van der Waals surface area contributed by atoms with Gasteiger partial charge in [0.15, 0.2) is 0 Å². The third kappa shape index (κ3) is 3.78. The zero-order chi connectivity index (χ0) is 16.2. The standard InChI is InChI=1S/C17H22ClN3O2/c18-14-6-3-5-13(11-14)15-7-4-10-21(15)17(23)19-12-16(22)20-8-1-2-9-20/h3,5-6,11,15H,1-2,4,7-10,12H2,(H,19,23). The zero-order valence-corrected chi connectivity index (χ0v) is 13.9. The molecule has 1 aromatic carbocycles. The van der Waals surface area contributed by atoms with Gasteiger partial charge < -0.3 is 15.1 Å². The Morgan fingerprint density at radius 2 is 1.96 bits per heavy atom. The van der Waals surface area contributed by atoms with Crippen molar-refractivity contribution in [2.75, 3.05) is 26.2 Å². The molecule has 2 heterocycles. The second-order valence-electron chi connectivity index (χ2n) is 6.15. The zero-order valence-electron chi connectivity index (χ0n) is 13.1. The predicted molar refractivity (Wildman–Crippen MR) is 89.3 cm³/mol. The van der Waals surface area contributed by atoms with Crippen molar-refractivity contribution in [2.24, 2.45) is 0 Å². The van der Waals surface area contributed by atoms with E-state index in [0.29, 0.717) is 11.6 Å². The van der Waals surface area contributed by atoms with Gasteiger partial charge in [0, 0.05) is 24.7 Å². The van der Waals surface area contributed by atoms with E-state index in [-0.39, 0.29) is 24.5 Å². The lowest BCUT2D eigenvalue weighted by Gasteiger charge is -2.26. The van der Waals surface area contributed by atoms with Crippen LogP contribution >= 0.6 is 11.6 Å². The Hall–Kier alpha value is -1.75. The summed E-state index contributed by atoms with van der Waals surface area (Å²) in [4.78, 5) is 28.1. The molecule has 6 heteroatoms. The number of urea groups is 1. The van der Waals surface area contributed by atoms with Crippen LogP contribution in [0.1, 0.15) is 37.3 Å². The summed E-state index contributed by atoms with van der Waals surface area (Å²) in [6.07, 6.45) is 4.00. The van der Waals surface area contributed by atoms with Crippen LogP contribution in [0.4, 0.5) is 4.79 Å². The molecule has 5 nitrogen and oxygen atoms in total. The van der Waals surface area contributed by atoms with E-state index in [1.165, 1.54) is 0 Å². The lowest BCUT2D eigenvalue weighted by molar-refractivity contribution is -0.129. The summed E-state index contributed by atoms with van der Waals surface area (Å²) in [5, 5.41) is 3.46. The van der Waals surface area contributed by atoms with E-state index in [2.05, 4.69) is 5.32 Å². The minimum atomic E-state index is -0.167. The minimum absolute atomic E-state index is 0.00866. The maximum absolute atomic E-state index is 12.4. The van der Waals surface area contributed by atoms with Crippen LogP contribution < -0.4 is 5.32 Å². The van der Waals surface area contributed by atoms with Crippen LogP contribution in [-0.2, 0) is 4.79 Å². The molecule has 2 saturated heterocycles. The summed E-state index contributed by atoms with van der Waals surface area (Å²) < 4.78 is 0. The van der Waals surface area contributed by atoms with Gasteiger partial charge >= 0.3 is 6.03 Å². The normalized spacial score (nSPS) is 20.8. The fourth-order valence-electron chi connectivity index (χ4n) is 3.40. The number of hydrogen-bond donors (Lipinski definition) is 1. The molecule has 2 aliphatic rings. The molecule has 124 valence electrons. The van der Waals surface area contributed by atoms with Crippen LogP contribution in [0.5, 0.6) is 0 Å². The number of carbonyl (C=O) groups excluding carboxylic acids is 2. The Labute approximate surface area is 141 Å². The van der Waals surface area contributed by atoms with E-state index in [1.54, 1.807) is 0 Å². The number of benzene rings is 1. The molecule has 0 aliphatic carbocycles. The first-order valence-electron chi connectivity index (χ1n) is 8.23. The van der Waals surface area contributed by atoms with Gasteiger partial charge in [0.05, 0.1) is 12.6 Å². The van der Waals surface area contributed by atoms with Gasteiger partial charge in [-0.25, -0.2) is 4.79 Å². The van der Waals surface area contributed by atoms with Gasteiger partial charge in [-0.05, 0) is 43.4 Å². The average molecular weight is 336 g/mol. The molecule has 0 saturated carbocycles. The summed E-state index contributed by atoms with van der Waals surface area (Å²) in [6, 6.07) is 7.52. The molecule has 1 N–H and O–H groups in total. The van der Waals surface area contributed by atoms with E-state index >= 15 is 0 Å². The molecular formula is C17H22ClN3O2. The van der Waals surface area contributed by atoms with Gasteiger partial charge in [0.25, 0.3) is 0 Å². The Morgan fingerprint density at radius 1 is 1.17 bits per heavy atom. The fourth-order valence-corrected chi connectivity index (χ4v) is 3.60. The van der Waals surface area contributed by atoms with Gasteiger partial charge in [-0.2, -0.15) is 0 Å². The highest BCUT2D eigenvalue weighted by Crippen LogP contribution is 2.32. The number of amides is 3. The third-order valence-electron chi connectivity index (χ3n) is 4.60. The molecule has 0 spiro atoms. The Bertz CT molecular complexity index is 587. The van der Waals surface area contributed by atoms with E-state index < -0.39 is 0 Å². The molecule has 3 rings (SSSR count). The van der Waals surface area contributed by atoms with Crippen molar-refractivity contribution in [1.29, 1.82) is 0 Å². The summed E-state index contributed by atoms with van der Waals surface area (Å²) in [7, 11) is 0. The number of carbonyl (C=O) groups is 2. The maximum atomic E-state index is 12.4. The highest BCUT2D eigenvalue weighted by Gasteiger charge is 2.30. The number of halogens is 1. The van der Waals surface area contributed by atoms with E-state index in [1.807, 2.05) is 34.1 Å². The molecule has 0 aromatic heterocycles. The van der Waals surface area contributed by atoms with Crippen LogP contribution in [0.3, 0.4) is 0 Å². The van der Waals surface area contributed by atoms with Crippen molar-refractivity contribution in [3.63, 3.8) is 0 Å². The third-order valence-corrected chi connectivity index (χ3v) is 4.83. The quantitative estimate of drug-likeness (QED) is 0.923. The number of rotatable bonds is 3. The molecule has 2 aliphatic heterocycles. The monoisotopic (exact) mass is 335 g/mol. The highest BCUT2D eigenvalue weighted by atomic mass is 35.5. The summed E-state index contributed by atoms with van der Waals surface area (Å²) in [6.45, 7) is 2.41. The fraction of sp³-hybridized carbons (Fsp3) is 0.529. The maximum Gasteiger partial charge on any atom is 0.318 e. The molecule has 1 atom stereocenters. The van der Waals surface area contributed by atoms with Crippen molar-refractivity contribution in [2.45, 2.75) is 31.7 Å². The molecule has 1 unspecified atom stereocenters. The average Bonchev–Trinajstić information content (AvgIpc) is 3.23. The lowest BCUT2D eigenvalue weighted by atomic mass is 10.1. The summed E-state index contributed by atoms with van der Waals surface area (Å²) in [5.74, 6) is 0.00866. The van der Waals surface area contributed by atoms with Crippen molar-refractivity contribution in [1.82, 2.24) is 15.1 Å². The van der Waals surface area contributed by atoms with Crippen molar-refractivity contribution < 1.29 is 9.59 Å². The number of hydrogen-bond acceptors (Lipinski definition) is 2. The first-order valence-corrected chi connectivity index (χ1v) is 8.60. The van der Waals surface area contributed by atoms with Gasteiger partial charge in [-0.15, -0.1) is 0 Å². The molecule has 23 heavy (non-hydrogen) atoms. The van der Waals surface area contributed by atoms with Crippen LogP contribution in [0.15, 0.2) is 24.3 Å².